The predicted octanol–water partition coefficient (Wildman–Crippen LogP) is 6.27. The standard InChI is InChI=1S/C8H10O3.C6H9NO2.C6H9NOS.C5H8N2O2.C5H8N2OS.C5H8N2O.C4H8N4.C4H9NO2/c1-5(2)6-3-11-4-7(9)8(6)10;2*1-4(2)5-3-6(8)7-9-5;1-3(2)4-6-5(8)9-7-4;1-3(2)4-5(8)7-9-6-4;1-4(2)5(8)7-3-6;1-3(2)4-5-7-8-6-4;1-3(2)4(6)5-7/h3-5,9H,1-2H3;2*3-4H,1-2H3,(H,7,8);3H,1-2H3,(H,6,7,8);3H,1-2H3,(H,7,8);4H,1-2H3,(H,7,8);3H,1-2H3,(H,5,6,7,8);3,7H,1-2H3,(H,5,6). The van der Waals surface area contributed by atoms with Gasteiger partial charge in [-0.05, 0) is 11.8 Å². The summed E-state index contributed by atoms with van der Waals surface area (Å²) in [7, 11) is 0. The van der Waals surface area contributed by atoms with Crippen LogP contribution in [0.4, 0.5) is 0 Å². The fraction of sp³-hybridized carbons (Fsp3) is 0.558. The fourth-order valence-corrected chi connectivity index (χ4v) is 5.10. The second kappa shape index (κ2) is 35.1. The summed E-state index contributed by atoms with van der Waals surface area (Å²) >= 11 is 2.53. The van der Waals surface area contributed by atoms with E-state index in [1.54, 1.807) is 40.0 Å². The molecule has 6 rings (SSSR count). The molecule has 70 heavy (non-hydrogen) atoms. The van der Waals surface area contributed by atoms with Gasteiger partial charge in [0, 0.05) is 69.8 Å². The van der Waals surface area contributed by atoms with Gasteiger partial charge in [0.25, 0.3) is 16.7 Å². The maximum absolute atomic E-state index is 11.1. The Morgan fingerprint density at radius 2 is 1.37 bits per heavy atom. The highest BCUT2D eigenvalue weighted by molar-refractivity contribution is 7.05. The number of H-pyrrole nitrogens is 5. The van der Waals surface area contributed by atoms with E-state index in [4.69, 9.17) is 24.5 Å². The number of nitriles is 1. The minimum absolute atomic E-state index is 0.0173. The van der Waals surface area contributed by atoms with E-state index in [2.05, 4.69) is 67.4 Å². The van der Waals surface area contributed by atoms with Gasteiger partial charge in [0.1, 0.15) is 17.7 Å². The van der Waals surface area contributed by atoms with Crippen LogP contribution in [0.2, 0.25) is 0 Å². The quantitative estimate of drug-likeness (QED) is 0.0351. The molecule has 0 atom stereocenters. The first-order chi connectivity index (χ1) is 32.6. The summed E-state index contributed by atoms with van der Waals surface area (Å²) in [6.07, 6.45) is 3.95. The summed E-state index contributed by atoms with van der Waals surface area (Å²) in [6, 6.07) is 3.11. The number of nitrogens with zero attached hydrogens (tertiary/aromatic N) is 6. The van der Waals surface area contributed by atoms with Gasteiger partial charge in [-0.3, -0.25) is 57.5 Å². The van der Waals surface area contributed by atoms with Gasteiger partial charge in [-0.25, -0.2) is 10.3 Å². The molecule has 0 radical (unpaired) electrons. The van der Waals surface area contributed by atoms with Gasteiger partial charge in [-0.15, -0.1) is 10.2 Å². The first kappa shape index (κ1) is 65.0. The summed E-state index contributed by atoms with van der Waals surface area (Å²) in [5, 5.41) is 45.8. The van der Waals surface area contributed by atoms with Crippen molar-refractivity contribution in [3.8, 4) is 11.9 Å². The van der Waals surface area contributed by atoms with E-state index in [0.717, 1.165) is 28.7 Å². The number of rotatable bonds is 8. The van der Waals surface area contributed by atoms with E-state index in [9.17, 15) is 33.6 Å². The highest BCUT2D eigenvalue weighted by Crippen LogP contribution is 2.15. The number of aromatic amines is 5. The molecule has 0 unspecified atom stereocenters. The highest BCUT2D eigenvalue weighted by Gasteiger charge is 2.09. The van der Waals surface area contributed by atoms with Crippen molar-refractivity contribution in [3.63, 3.8) is 0 Å². The summed E-state index contributed by atoms with van der Waals surface area (Å²) in [5.74, 6) is 2.11. The van der Waals surface area contributed by atoms with Crippen LogP contribution in [-0.2, 0) is 9.59 Å². The number of hydroxylamine groups is 1. The van der Waals surface area contributed by atoms with Crippen LogP contribution in [0.15, 0.2) is 62.1 Å². The number of hydrogen-bond acceptors (Lipinski definition) is 20. The first-order valence-corrected chi connectivity index (χ1v) is 23.3. The zero-order valence-electron chi connectivity index (χ0n) is 42.4. The Morgan fingerprint density at radius 1 is 0.757 bits per heavy atom. The molecular weight excluding hydrogens is 955 g/mol. The molecule has 9 N–H and O–H groups in total. The summed E-state index contributed by atoms with van der Waals surface area (Å²) in [6.45, 7) is 30.4. The largest absolute Gasteiger partial charge is 0.502 e. The average molecular weight is 1020 g/mol. The molecule has 0 aliphatic rings. The molecular formula is C43H69N13O12S2. The Labute approximate surface area is 412 Å². The maximum Gasteiger partial charge on any atom is 0.438 e. The van der Waals surface area contributed by atoms with E-state index in [0.29, 0.717) is 34.7 Å². The van der Waals surface area contributed by atoms with Crippen LogP contribution in [0.3, 0.4) is 0 Å². The third kappa shape index (κ3) is 28.3. The van der Waals surface area contributed by atoms with Crippen LogP contribution >= 0.6 is 23.3 Å². The zero-order valence-corrected chi connectivity index (χ0v) is 44.0. The lowest BCUT2D eigenvalue weighted by atomic mass is 10.1. The number of amides is 2. The molecule has 0 saturated heterocycles. The van der Waals surface area contributed by atoms with E-state index in [1.807, 2.05) is 74.6 Å². The molecule has 6 heterocycles. The monoisotopic (exact) mass is 1020 g/mol. The molecule has 25 nitrogen and oxygen atoms in total. The molecule has 6 aromatic heterocycles. The maximum atomic E-state index is 11.1. The Hall–Kier alpha value is -7.05. The van der Waals surface area contributed by atoms with E-state index < -0.39 is 5.76 Å². The van der Waals surface area contributed by atoms with Gasteiger partial charge in [0.2, 0.25) is 17.2 Å². The first-order valence-electron chi connectivity index (χ1n) is 21.7. The van der Waals surface area contributed by atoms with Gasteiger partial charge < -0.3 is 14.0 Å². The van der Waals surface area contributed by atoms with Crippen LogP contribution in [0.25, 0.3) is 0 Å². The van der Waals surface area contributed by atoms with E-state index in [-0.39, 0.29) is 75.2 Å². The van der Waals surface area contributed by atoms with Gasteiger partial charge in [-0.1, -0.05) is 133 Å². The third-order valence-corrected chi connectivity index (χ3v) is 9.69. The molecule has 2 amide bonds. The van der Waals surface area contributed by atoms with E-state index in [1.165, 1.54) is 29.3 Å². The number of aromatic hydroxyl groups is 1. The predicted molar refractivity (Wildman–Crippen MR) is 263 cm³/mol. The molecule has 390 valence electrons. The van der Waals surface area contributed by atoms with Gasteiger partial charge >= 0.3 is 5.76 Å². The molecule has 0 aromatic carbocycles. The van der Waals surface area contributed by atoms with Crippen LogP contribution < -0.4 is 38.7 Å². The molecule has 0 aliphatic heterocycles. The van der Waals surface area contributed by atoms with Gasteiger partial charge in [0.15, 0.2) is 23.6 Å². The van der Waals surface area contributed by atoms with Crippen LogP contribution in [0, 0.1) is 23.3 Å². The molecule has 27 heteroatoms. The number of tetrazole rings is 1. The SMILES string of the molecule is CC(C)C(=O)NC#N.CC(C)C(=O)NO.CC(C)c1cc(=O)[nH]o1.CC(C)c1cc(=O)[nH]s1.CC(C)c1cocc(O)c1=O.CC(C)c1nn[nH]n1.CC(C)c1noc(=O)[nH]1.CC(C)c1ns[nH]c1=O. The lowest BCUT2D eigenvalue weighted by molar-refractivity contribution is -0.132. The molecule has 6 aromatic rings. The summed E-state index contributed by atoms with van der Waals surface area (Å²) in [4.78, 5) is 77.3. The van der Waals surface area contributed by atoms with Crippen LogP contribution in [-0.4, -0.2) is 71.2 Å². The Kier molecular flexibility index (Phi) is 32.6. The fourth-order valence-electron chi connectivity index (χ4n) is 3.80. The van der Waals surface area contributed by atoms with Crippen LogP contribution in [0.1, 0.15) is 180 Å². The van der Waals surface area contributed by atoms with Crippen molar-refractivity contribution in [2.45, 2.75) is 146 Å². The number of hydrogen-bond donors (Lipinski definition) is 9. The third-order valence-electron chi connectivity index (χ3n) is 8.00. The van der Waals surface area contributed by atoms with Crippen LogP contribution in [0.5, 0.6) is 5.75 Å². The second-order valence-electron chi connectivity index (χ2n) is 16.8. The zero-order chi connectivity index (χ0) is 54.3. The summed E-state index contributed by atoms with van der Waals surface area (Å²) < 4.78 is 22.8. The Balaban J connectivity index is 0. The number of carbonyl (C=O) groups excluding carboxylic acids is 2. The lowest BCUT2D eigenvalue weighted by Gasteiger charge is -2.01. The smallest absolute Gasteiger partial charge is 0.438 e. The van der Waals surface area contributed by atoms with Gasteiger partial charge in [0.05, 0.1) is 6.26 Å². The van der Waals surface area contributed by atoms with Crippen molar-refractivity contribution in [1.29, 1.82) is 5.26 Å². The molecule has 0 bridgehead atoms. The summed E-state index contributed by atoms with van der Waals surface area (Å²) in [5.41, 5.74) is 2.13. The minimum Gasteiger partial charge on any atom is -0.502 e. The van der Waals surface area contributed by atoms with Crippen molar-refractivity contribution >= 4 is 35.1 Å². The second-order valence-corrected chi connectivity index (χ2v) is 18.3. The van der Waals surface area contributed by atoms with Crippen molar-refractivity contribution in [2.24, 2.45) is 11.8 Å². The van der Waals surface area contributed by atoms with Crippen molar-refractivity contribution < 1.29 is 33.4 Å². The normalized spacial score (nSPS) is 10.1. The minimum atomic E-state index is -0.487. The van der Waals surface area contributed by atoms with Gasteiger partial charge in [-0.2, -0.15) is 20.0 Å². The lowest BCUT2D eigenvalue weighted by Crippen LogP contribution is -2.23. The highest BCUT2D eigenvalue weighted by atomic mass is 32.1. The average Bonchev–Trinajstić information content (AvgIpc) is 4.16. The molecule has 0 saturated carbocycles. The molecule has 0 fully saturated rings. The Bertz CT molecular complexity index is 2530. The van der Waals surface area contributed by atoms with Crippen molar-refractivity contribution in [1.82, 2.24) is 59.8 Å². The number of aromatic nitrogens is 10. The Morgan fingerprint density at radius 3 is 1.60 bits per heavy atom. The topological polar surface area (TPSA) is 391 Å². The number of carbonyl (C=O) groups is 2. The number of nitrogens with one attached hydrogen (secondary N) is 7. The molecule has 0 aliphatic carbocycles. The van der Waals surface area contributed by atoms with Crippen molar-refractivity contribution in [3.05, 3.63) is 110 Å². The molecule has 0 spiro atoms. The van der Waals surface area contributed by atoms with Crippen molar-refractivity contribution in [2.75, 3.05) is 0 Å². The van der Waals surface area contributed by atoms with E-state index >= 15 is 0 Å².